The molecule has 0 amide bonds. The van der Waals surface area contributed by atoms with Gasteiger partial charge in [0.15, 0.2) is 5.78 Å². The van der Waals surface area contributed by atoms with Crippen molar-refractivity contribution >= 4 is 29.1 Å². The number of thioether (sulfide) groups is 1. The SMILES string of the molecule is CCOc1ccc(-c2nnc(S[C@@H](C)C(=O)c3ccc(Cl)cc3)o2)cc1. The second kappa shape index (κ2) is 8.38. The molecule has 2 aromatic carbocycles. The zero-order chi connectivity index (χ0) is 18.5. The van der Waals surface area contributed by atoms with Crippen LogP contribution in [-0.4, -0.2) is 27.8 Å². The summed E-state index contributed by atoms with van der Waals surface area (Å²) in [5, 5.41) is 8.67. The lowest BCUT2D eigenvalue weighted by Gasteiger charge is -2.07. The molecule has 0 aliphatic carbocycles. The Morgan fingerprint density at radius 1 is 1.15 bits per heavy atom. The number of rotatable bonds is 7. The molecule has 0 radical (unpaired) electrons. The van der Waals surface area contributed by atoms with Crippen LogP contribution in [0.3, 0.4) is 0 Å². The second-order valence-electron chi connectivity index (χ2n) is 5.46. The predicted molar refractivity (Wildman–Crippen MR) is 102 cm³/mol. The van der Waals surface area contributed by atoms with E-state index < -0.39 is 0 Å². The first kappa shape index (κ1) is 18.5. The van der Waals surface area contributed by atoms with Crippen LogP contribution in [0.4, 0.5) is 0 Å². The molecule has 26 heavy (non-hydrogen) atoms. The molecule has 5 nitrogen and oxygen atoms in total. The Morgan fingerprint density at radius 3 is 2.50 bits per heavy atom. The van der Waals surface area contributed by atoms with Gasteiger partial charge < -0.3 is 9.15 Å². The first-order chi connectivity index (χ1) is 12.6. The lowest BCUT2D eigenvalue weighted by Crippen LogP contribution is -2.13. The summed E-state index contributed by atoms with van der Waals surface area (Å²) in [6.07, 6.45) is 0. The Morgan fingerprint density at radius 2 is 1.85 bits per heavy atom. The van der Waals surface area contributed by atoms with E-state index in [2.05, 4.69) is 10.2 Å². The standard InChI is InChI=1S/C19H17ClN2O3S/c1-3-24-16-10-6-14(7-11-16)18-21-22-19(25-18)26-12(2)17(23)13-4-8-15(20)9-5-13/h4-12H,3H2,1-2H3/t12-/m0/s1. The van der Waals surface area contributed by atoms with Gasteiger partial charge in [-0.2, -0.15) is 0 Å². The molecule has 3 aromatic rings. The van der Waals surface area contributed by atoms with Crippen molar-refractivity contribution in [1.82, 2.24) is 10.2 Å². The fourth-order valence-corrected chi connectivity index (χ4v) is 3.17. The number of carbonyl (C=O) groups is 1. The van der Waals surface area contributed by atoms with E-state index in [4.69, 9.17) is 20.8 Å². The number of carbonyl (C=O) groups excluding carboxylic acids is 1. The van der Waals surface area contributed by atoms with Crippen molar-refractivity contribution in [3.05, 3.63) is 59.1 Å². The Balaban J connectivity index is 1.67. The third-order valence-corrected chi connectivity index (χ3v) is 4.78. The number of ether oxygens (including phenoxy) is 1. The predicted octanol–water partition coefficient (Wildman–Crippen LogP) is 5.15. The molecule has 0 fully saturated rings. The Kier molecular flexibility index (Phi) is 5.96. The summed E-state index contributed by atoms with van der Waals surface area (Å²) in [7, 11) is 0. The maximum absolute atomic E-state index is 12.5. The fraction of sp³-hybridized carbons (Fsp3) is 0.211. The highest BCUT2D eigenvalue weighted by atomic mass is 35.5. The van der Waals surface area contributed by atoms with Crippen molar-refractivity contribution in [3.63, 3.8) is 0 Å². The summed E-state index contributed by atoms with van der Waals surface area (Å²) in [5.41, 5.74) is 1.39. The summed E-state index contributed by atoms with van der Waals surface area (Å²) in [6.45, 7) is 4.35. The van der Waals surface area contributed by atoms with Crippen molar-refractivity contribution in [3.8, 4) is 17.2 Å². The van der Waals surface area contributed by atoms with Crippen LogP contribution in [0.5, 0.6) is 5.75 Å². The van der Waals surface area contributed by atoms with Gasteiger partial charge in [-0.1, -0.05) is 23.4 Å². The van der Waals surface area contributed by atoms with Gasteiger partial charge in [-0.3, -0.25) is 4.79 Å². The van der Waals surface area contributed by atoms with Crippen LogP contribution in [0.1, 0.15) is 24.2 Å². The lowest BCUT2D eigenvalue weighted by atomic mass is 10.1. The summed E-state index contributed by atoms with van der Waals surface area (Å²) >= 11 is 7.09. The first-order valence-electron chi connectivity index (χ1n) is 8.10. The van der Waals surface area contributed by atoms with Gasteiger partial charge in [-0.15, -0.1) is 10.2 Å². The van der Waals surface area contributed by atoms with Crippen molar-refractivity contribution in [2.75, 3.05) is 6.61 Å². The summed E-state index contributed by atoms with van der Waals surface area (Å²) in [6, 6.07) is 14.2. The minimum Gasteiger partial charge on any atom is -0.494 e. The van der Waals surface area contributed by atoms with Crippen LogP contribution in [0.25, 0.3) is 11.5 Å². The van der Waals surface area contributed by atoms with Gasteiger partial charge in [-0.05, 0) is 62.4 Å². The lowest BCUT2D eigenvalue weighted by molar-refractivity contribution is 0.0993. The normalized spacial score (nSPS) is 12.0. The average molecular weight is 389 g/mol. The van der Waals surface area contributed by atoms with Crippen molar-refractivity contribution in [2.45, 2.75) is 24.3 Å². The molecule has 0 N–H and O–H groups in total. The fourth-order valence-electron chi connectivity index (χ4n) is 2.29. The molecule has 1 atom stereocenters. The molecule has 0 bridgehead atoms. The van der Waals surface area contributed by atoms with E-state index in [1.54, 1.807) is 24.3 Å². The van der Waals surface area contributed by atoms with Gasteiger partial charge >= 0.3 is 0 Å². The number of hydrogen-bond donors (Lipinski definition) is 0. The van der Waals surface area contributed by atoms with Crippen molar-refractivity contribution in [2.24, 2.45) is 0 Å². The number of hydrogen-bond acceptors (Lipinski definition) is 6. The summed E-state index contributed by atoms with van der Waals surface area (Å²) < 4.78 is 11.1. The van der Waals surface area contributed by atoms with E-state index in [1.807, 2.05) is 38.1 Å². The minimum atomic E-state index is -0.357. The number of ketones is 1. The monoisotopic (exact) mass is 388 g/mol. The first-order valence-corrected chi connectivity index (χ1v) is 9.35. The van der Waals surface area contributed by atoms with E-state index in [-0.39, 0.29) is 11.0 Å². The Hall–Kier alpha value is -2.31. The van der Waals surface area contributed by atoms with Gasteiger partial charge in [0.2, 0.25) is 5.89 Å². The molecule has 0 unspecified atom stereocenters. The van der Waals surface area contributed by atoms with Gasteiger partial charge in [0, 0.05) is 16.1 Å². The molecule has 1 aromatic heterocycles. The van der Waals surface area contributed by atoms with E-state index in [9.17, 15) is 4.79 Å². The van der Waals surface area contributed by atoms with E-state index >= 15 is 0 Å². The molecule has 1 heterocycles. The molecular weight excluding hydrogens is 372 g/mol. The molecule has 0 spiro atoms. The molecule has 3 rings (SSSR count). The number of Topliss-reactive ketones (excluding diaryl/α,β-unsaturated/α-hetero) is 1. The number of halogens is 1. The zero-order valence-corrected chi connectivity index (χ0v) is 15.9. The van der Waals surface area contributed by atoms with Gasteiger partial charge in [0.1, 0.15) is 5.75 Å². The van der Waals surface area contributed by atoms with Crippen LogP contribution in [0.15, 0.2) is 58.2 Å². The van der Waals surface area contributed by atoms with Gasteiger partial charge in [0.05, 0.1) is 11.9 Å². The molecule has 0 saturated carbocycles. The van der Waals surface area contributed by atoms with Crippen molar-refractivity contribution < 1.29 is 13.9 Å². The molecule has 0 aliphatic heterocycles. The molecule has 0 aliphatic rings. The van der Waals surface area contributed by atoms with Gasteiger partial charge in [0.25, 0.3) is 5.22 Å². The molecule has 134 valence electrons. The Labute approximate surface area is 160 Å². The highest BCUT2D eigenvalue weighted by Gasteiger charge is 2.20. The minimum absolute atomic E-state index is 0.0208. The van der Waals surface area contributed by atoms with Crippen LogP contribution in [-0.2, 0) is 0 Å². The summed E-state index contributed by atoms with van der Waals surface area (Å²) in [4.78, 5) is 12.5. The second-order valence-corrected chi connectivity index (χ2v) is 7.19. The van der Waals surface area contributed by atoms with Crippen LogP contribution in [0, 0.1) is 0 Å². The highest BCUT2D eigenvalue weighted by Crippen LogP contribution is 2.28. The molecular formula is C19H17ClN2O3S. The third kappa shape index (κ3) is 4.45. The zero-order valence-electron chi connectivity index (χ0n) is 14.3. The van der Waals surface area contributed by atoms with Crippen LogP contribution >= 0.6 is 23.4 Å². The smallest absolute Gasteiger partial charge is 0.277 e. The Bertz CT molecular complexity index is 879. The average Bonchev–Trinajstić information content (AvgIpc) is 3.11. The van der Waals surface area contributed by atoms with Gasteiger partial charge in [-0.25, -0.2) is 0 Å². The van der Waals surface area contributed by atoms with E-state index in [0.29, 0.717) is 28.3 Å². The van der Waals surface area contributed by atoms with Crippen LogP contribution in [0.2, 0.25) is 5.02 Å². The summed E-state index contributed by atoms with van der Waals surface area (Å²) in [5.74, 6) is 1.17. The highest BCUT2D eigenvalue weighted by molar-refractivity contribution is 8.00. The topological polar surface area (TPSA) is 65.2 Å². The number of aromatic nitrogens is 2. The number of nitrogens with zero attached hydrogens (tertiary/aromatic N) is 2. The molecule has 7 heteroatoms. The van der Waals surface area contributed by atoms with Crippen LogP contribution < -0.4 is 4.74 Å². The largest absolute Gasteiger partial charge is 0.494 e. The molecule has 0 saturated heterocycles. The number of benzene rings is 2. The maximum Gasteiger partial charge on any atom is 0.277 e. The van der Waals surface area contributed by atoms with E-state index in [1.165, 1.54) is 11.8 Å². The quantitative estimate of drug-likeness (QED) is 0.412. The maximum atomic E-state index is 12.5. The third-order valence-electron chi connectivity index (χ3n) is 3.59. The van der Waals surface area contributed by atoms with E-state index in [0.717, 1.165) is 11.3 Å². The van der Waals surface area contributed by atoms with Crippen molar-refractivity contribution in [1.29, 1.82) is 0 Å².